The minimum absolute atomic E-state index is 0.0144. The van der Waals surface area contributed by atoms with Crippen LogP contribution in [0, 0.1) is 11.6 Å². The second-order valence-corrected chi connectivity index (χ2v) is 10.4. The van der Waals surface area contributed by atoms with Crippen molar-refractivity contribution in [2.75, 3.05) is 13.7 Å². The van der Waals surface area contributed by atoms with Gasteiger partial charge in [-0.2, -0.15) is 13.2 Å². The Morgan fingerprint density at radius 1 is 1.05 bits per heavy atom. The molecular weight excluding hydrogens is 595 g/mol. The molecule has 2 aromatic heterocycles. The molecule has 0 aliphatic rings. The van der Waals surface area contributed by atoms with Gasteiger partial charge >= 0.3 is 6.18 Å². The van der Waals surface area contributed by atoms with E-state index in [2.05, 4.69) is 9.97 Å². The first kappa shape index (κ1) is 32.5. The Bertz CT molecular complexity index is 1690. The second kappa shape index (κ2) is 12.3. The van der Waals surface area contributed by atoms with Crippen LogP contribution in [0.3, 0.4) is 0 Å². The van der Waals surface area contributed by atoms with Crippen LogP contribution in [0.5, 0.6) is 5.75 Å². The van der Waals surface area contributed by atoms with Gasteiger partial charge in [-0.1, -0.05) is 6.07 Å². The number of halogens is 7. The smallest absolute Gasteiger partial charge is 0.399 e. The minimum atomic E-state index is -5.14. The lowest BCUT2D eigenvalue weighted by Crippen LogP contribution is -2.42. The molecule has 0 bridgehead atoms. The second-order valence-electron chi connectivity index (χ2n) is 10.4. The van der Waals surface area contributed by atoms with Crippen LogP contribution in [0.4, 0.5) is 30.7 Å². The zero-order valence-corrected chi connectivity index (χ0v) is 23.6. The van der Waals surface area contributed by atoms with Crippen molar-refractivity contribution in [3.63, 3.8) is 0 Å². The van der Waals surface area contributed by atoms with Crippen molar-refractivity contribution in [1.82, 2.24) is 15.0 Å². The average molecular weight is 624 g/mol. The summed E-state index contributed by atoms with van der Waals surface area (Å²) in [6, 6.07) is 10.7. The fraction of sp³-hybridized carbons (Fsp3) is 0.267. The van der Waals surface area contributed by atoms with Gasteiger partial charge in [-0.05, 0) is 62.4 Å². The Kier molecular flexibility index (Phi) is 9.07. The lowest BCUT2D eigenvalue weighted by Gasteiger charge is -2.30. The van der Waals surface area contributed by atoms with Crippen LogP contribution in [0.2, 0.25) is 0 Å². The molecule has 5 N–H and O–H groups in total. The van der Waals surface area contributed by atoms with E-state index in [4.69, 9.17) is 16.3 Å². The molecule has 4 rings (SSSR count). The molecule has 234 valence electrons. The van der Waals surface area contributed by atoms with Gasteiger partial charge in [0.1, 0.15) is 34.4 Å². The van der Waals surface area contributed by atoms with E-state index in [0.717, 1.165) is 38.1 Å². The zero-order chi connectivity index (χ0) is 32.6. The van der Waals surface area contributed by atoms with Crippen molar-refractivity contribution in [2.45, 2.75) is 38.0 Å². The molecule has 0 saturated carbocycles. The normalized spacial score (nSPS) is 13.7. The molecular formula is C30H28F7N5O2. The van der Waals surface area contributed by atoms with E-state index in [1.165, 1.54) is 25.4 Å². The Balaban J connectivity index is 1.85. The van der Waals surface area contributed by atoms with Gasteiger partial charge in [0.15, 0.2) is 5.82 Å². The van der Waals surface area contributed by atoms with Crippen LogP contribution in [0.15, 0.2) is 66.5 Å². The quantitative estimate of drug-likeness (QED) is 0.115. The largest absolute Gasteiger partial charge is 0.494 e. The Hall–Kier alpha value is -4.43. The molecule has 4 aromatic rings. The van der Waals surface area contributed by atoms with E-state index in [0.29, 0.717) is 17.0 Å². The molecule has 44 heavy (non-hydrogen) atoms. The maximum atomic E-state index is 15.5. The number of rotatable bonds is 9. The number of fused-ring (bicyclic) bond motifs is 1. The third kappa shape index (κ3) is 6.70. The van der Waals surface area contributed by atoms with Gasteiger partial charge in [0.25, 0.3) is 6.43 Å². The first-order valence-corrected chi connectivity index (χ1v) is 13.0. The summed E-state index contributed by atoms with van der Waals surface area (Å²) in [4.78, 5) is 8.03. The fourth-order valence-corrected chi connectivity index (χ4v) is 4.65. The van der Waals surface area contributed by atoms with Gasteiger partial charge < -0.3 is 20.6 Å². The average Bonchev–Trinajstić information content (AvgIpc) is 2.94. The molecule has 0 saturated heterocycles. The highest BCUT2D eigenvalue weighted by Crippen LogP contribution is 2.40. The Morgan fingerprint density at radius 3 is 2.27 bits per heavy atom. The van der Waals surface area contributed by atoms with E-state index in [9.17, 15) is 31.4 Å². The van der Waals surface area contributed by atoms with Crippen LogP contribution < -0.4 is 16.3 Å². The zero-order valence-electron chi connectivity index (χ0n) is 23.6. The highest BCUT2D eigenvalue weighted by molar-refractivity contribution is 5.88. The van der Waals surface area contributed by atoms with E-state index < -0.39 is 70.6 Å². The molecule has 7 nitrogen and oxygen atoms in total. The number of allylic oxidation sites excluding steroid dienone is 1. The maximum Gasteiger partial charge on any atom is 0.399 e. The summed E-state index contributed by atoms with van der Waals surface area (Å²) >= 11 is 0. The number of benzene rings is 2. The number of hydrogen-bond acceptors (Lipinski definition) is 7. The predicted molar refractivity (Wildman–Crippen MR) is 150 cm³/mol. The van der Waals surface area contributed by atoms with E-state index in [1.807, 2.05) is 0 Å². The van der Waals surface area contributed by atoms with E-state index in [-0.39, 0.29) is 21.9 Å². The fourth-order valence-electron chi connectivity index (χ4n) is 4.65. The third-order valence-electron chi connectivity index (χ3n) is 6.88. The molecule has 0 fully saturated rings. The topological polar surface area (TPSA) is 111 Å². The van der Waals surface area contributed by atoms with Crippen molar-refractivity contribution >= 4 is 16.6 Å². The highest BCUT2D eigenvalue weighted by Gasteiger charge is 2.44. The number of ether oxygens (including phenoxy) is 1. The number of nitrogens with two attached hydrogens (primary N) is 2. The Morgan fingerprint density at radius 2 is 1.70 bits per heavy atom. The lowest BCUT2D eigenvalue weighted by atomic mass is 9.92. The number of pyridine rings is 2. The van der Waals surface area contributed by atoms with Crippen LogP contribution >= 0.6 is 0 Å². The van der Waals surface area contributed by atoms with E-state index in [1.54, 1.807) is 12.1 Å². The number of aliphatic hydroxyl groups is 1. The molecule has 0 aliphatic carbocycles. The van der Waals surface area contributed by atoms with Crippen LogP contribution in [0.25, 0.3) is 27.9 Å². The van der Waals surface area contributed by atoms with Gasteiger partial charge in [-0.25, -0.2) is 28.4 Å². The summed E-state index contributed by atoms with van der Waals surface area (Å²) < 4.78 is 107. The van der Waals surface area contributed by atoms with Gasteiger partial charge in [0.05, 0.1) is 30.6 Å². The minimum Gasteiger partial charge on any atom is -0.494 e. The lowest BCUT2D eigenvalue weighted by molar-refractivity contribution is -0.155. The molecule has 2 heterocycles. The van der Waals surface area contributed by atoms with Crippen LogP contribution in [-0.2, 0) is 5.60 Å². The summed E-state index contributed by atoms with van der Waals surface area (Å²) in [6.07, 6.45) is -7.08. The van der Waals surface area contributed by atoms with Gasteiger partial charge in [0.2, 0.25) is 0 Å². The van der Waals surface area contributed by atoms with Gasteiger partial charge in [-0.15, -0.1) is 0 Å². The van der Waals surface area contributed by atoms with Crippen molar-refractivity contribution in [2.24, 2.45) is 11.6 Å². The Labute approximate surface area is 247 Å². The number of alkyl halides is 5. The van der Waals surface area contributed by atoms with Crippen molar-refractivity contribution in [3.05, 3.63) is 94.9 Å². The number of hydrazine groups is 1. The summed E-state index contributed by atoms with van der Waals surface area (Å²) in [5.74, 6) is 1.55. The molecule has 0 aliphatic heterocycles. The summed E-state index contributed by atoms with van der Waals surface area (Å²) in [7, 11) is 1.32. The summed E-state index contributed by atoms with van der Waals surface area (Å²) in [6.45, 7) is 0.975. The summed E-state index contributed by atoms with van der Waals surface area (Å²) in [5, 5.41) is 11.2. The maximum absolute atomic E-state index is 15.5. The van der Waals surface area contributed by atoms with Crippen LogP contribution in [0.1, 0.15) is 36.6 Å². The first-order chi connectivity index (χ1) is 20.5. The number of aromatic nitrogens is 2. The monoisotopic (exact) mass is 623 g/mol. The first-order valence-electron chi connectivity index (χ1n) is 13.0. The SMILES string of the molecule is COc1cc(/C(N)=C(\C(F)F)N(N)CC(c2cc(C(C)(C)O)c(F)c(-c3ccc(F)cc3)n2)C(F)(F)F)cc2cccnc12. The molecule has 14 heteroatoms. The van der Waals surface area contributed by atoms with E-state index >= 15 is 4.39 Å². The molecule has 1 atom stereocenters. The number of hydrogen-bond donors (Lipinski definition) is 3. The highest BCUT2D eigenvalue weighted by atomic mass is 19.4. The molecule has 2 aromatic carbocycles. The molecule has 0 radical (unpaired) electrons. The standard InChI is InChI=1S/C30H28F7N5O2/c1-29(2,43)19-13-21(41-26(23(19)32)15-6-8-18(31)9-7-15)20(30(35,36)37)14-42(39)27(28(33)34)24(38)17-11-16-5-4-10-40-25(16)22(12-17)44-3/h4-13,20,28,43H,14,38-39H2,1-3H3/b27-24-. The van der Waals surface area contributed by atoms with Gasteiger partial charge in [-0.3, -0.25) is 4.98 Å². The predicted octanol–water partition coefficient (Wildman–Crippen LogP) is 6.23. The third-order valence-corrected chi connectivity index (χ3v) is 6.88. The summed E-state index contributed by atoms with van der Waals surface area (Å²) in [5.41, 5.74) is 0.665. The van der Waals surface area contributed by atoms with Crippen molar-refractivity contribution in [1.29, 1.82) is 0 Å². The molecule has 0 spiro atoms. The molecule has 0 amide bonds. The number of nitrogens with zero attached hydrogens (tertiary/aromatic N) is 3. The van der Waals surface area contributed by atoms with Crippen molar-refractivity contribution < 1.29 is 40.6 Å². The van der Waals surface area contributed by atoms with Gasteiger partial charge in [0, 0.05) is 28.3 Å². The van der Waals surface area contributed by atoms with Crippen LogP contribution in [-0.4, -0.2) is 46.3 Å². The number of methoxy groups -OCH3 is 1. The molecule has 1 unspecified atom stereocenters. The van der Waals surface area contributed by atoms with Crippen molar-refractivity contribution in [3.8, 4) is 17.0 Å².